The second kappa shape index (κ2) is 4.63. The second-order valence-corrected chi connectivity index (χ2v) is 4.00. The van der Waals surface area contributed by atoms with Crippen molar-refractivity contribution in [1.29, 1.82) is 0 Å². The van der Waals surface area contributed by atoms with Crippen LogP contribution < -0.4 is 5.73 Å². The van der Waals surface area contributed by atoms with Crippen LogP contribution in [0.5, 0.6) is 0 Å². The third kappa shape index (κ3) is 2.37. The summed E-state index contributed by atoms with van der Waals surface area (Å²) < 4.78 is 27.4. The maximum Gasteiger partial charge on any atom is 0.330 e. The Bertz CT molecular complexity index is 621. The fourth-order valence-electron chi connectivity index (χ4n) is 1.77. The largest absolute Gasteiger partial charge is 0.378 e. The molecule has 0 bridgehead atoms. The van der Waals surface area contributed by atoms with E-state index >= 15 is 0 Å². The number of rotatable bonds is 3. The van der Waals surface area contributed by atoms with Gasteiger partial charge in [-0.25, -0.2) is 13.5 Å². The lowest BCUT2D eigenvalue weighted by Gasteiger charge is -2.14. The molecule has 2 aromatic rings. The molecule has 2 rings (SSSR count). The Kier molecular flexibility index (Phi) is 3.16. The maximum absolute atomic E-state index is 13.1. The normalized spacial score (nSPS) is 12.4. The van der Waals surface area contributed by atoms with Gasteiger partial charge in [-0.3, -0.25) is 10.1 Å². The molecule has 0 saturated carbocycles. The number of anilines is 1. The number of hydrogen-bond acceptors (Lipinski definition) is 4. The summed E-state index contributed by atoms with van der Waals surface area (Å²) in [6.07, 6.45) is 1.00. The lowest BCUT2D eigenvalue weighted by atomic mass is 10.1. The Hall–Kier alpha value is -2.51. The Balaban J connectivity index is 2.44. The minimum absolute atomic E-state index is 0.165. The van der Waals surface area contributed by atoms with Crippen LogP contribution in [0.4, 0.5) is 20.3 Å². The van der Waals surface area contributed by atoms with E-state index in [0.717, 1.165) is 29.1 Å². The first-order valence-corrected chi connectivity index (χ1v) is 5.33. The van der Waals surface area contributed by atoms with Gasteiger partial charge in [-0.05, 0) is 24.6 Å². The van der Waals surface area contributed by atoms with Crippen LogP contribution in [-0.4, -0.2) is 14.7 Å². The molecule has 19 heavy (non-hydrogen) atoms. The minimum atomic E-state index is -0.734. The predicted molar refractivity (Wildman–Crippen MR) is 63.5 cm³/mol. The van der Waals surface area contributed by atoms with Gasteiger partial charge in [0.05, 0.1) is 11.0 Å². The van der Waals surface area contributed by atoms with Gasteiger partial charge >= 0.3 is 5.69 Å². The van der Waals surface area contributed by atoms with E-state index in [4.69, 9.17) is 5.73 Å². The lowest BCUT2D eigenvalue weighted by molar-refractivity contribution is -0.384. The van der Waals surface area contributed by atoms with E-state index in [1.54, 1.807) is 6.92 Å². The van der Waals surface area contributed by atoms with Crippen molar-refractivity contribution >= 4 is 11.5 Å². The summed E-state index contributed by atoms with van der Waals surface area (Å²) >= 11 is 0. The van der Waals surface area contributed by atoms with Crippen molar-refractivity contribution in [1.82, 2.24) is 9.78 Å². The molecule has 8 heteroatoms. The molecule has 1 heterocycles. The molecule has 0 radical (unpaired) electrons. The minimum Gasteiger partial charge on any atom is -0.378 e. The first kappa shape index (κ1) is 12.9. The fraction of sp³-hybridized carbons (Fsp3) is 0.182. The smallest absolute Gasteiger partial charge is 0.330 e. The quantitative estimate of drug-likeness (QED) is 0.683. The number of hydrogen-bond donors (Lipinski definition) is 1. The zero-order valence-electron chi connectivity index (χ0n) is 9.88. The zero-order chi connectivity index (χ0) is 14.2. The molecule has 0 amide bonds. The molecule has 0 spiro atoms. The third-order valence-corrected chi connectivity index (χ3v) is 2.74. The highest BCUT2D eigenvalue weighted by Crippen LogP contribution is 2.27. The van der Waals surface area contributed by atoms with Gasteiger partial charge in [-0.2, -0.15) is 5.10 Å². The van der Waals surface area contributed by atoms with Gasteiger partial charge in [0, 0.05) is 6.07 Å². The maximum atomic E-state index is 13.1. The van der Waals surface area contributed by atoms with Gasteiger partial charge in [-0.15, -0.1) is 0 Å². The van der Waals surface area contributed by atoms with E-state index in [0.29, 0.717) is 0 Å². The molecular weight excluding hydrogens is 258 g/mol. The number of nitrogen functional groups attached to an aromatic ring is 1. The highest BCUT2D eigenvalue weighted by molar-refractivity contribution is 5.52. The summed E-state index contributed by atoms with van der Waals surface area (Å²) in [5.41, 5.74) is 5.53. The van der Waals surface area contributed by atoms with Gasteiger partial charge in [-0.1, -0.05) is 0 Å². The highest BCUT2D eigenvalue weighted by Gasteiger charge is 2.22. The summed E-state index contributed by atoms with van der Waals surface area (Å²) in [6.45, 7) is 1.58. The fourth-order valence-corrected chi connectivity index (χ4v) is 1.77. The standard InChI is InChI=1S/C11H10F2N4O2/c1-6(7-2-8(12)4-9(13)3-7)16-11(14)10(5-15-16)17(18)19/h2-6H,14H2,1H3. The van der Waals surface area contributed by atoms with Crippen molar-refractivity contribution in [2.45, 2.75) is 13.0 Å². The average Bonchev–Trinajstić information content (AvgIpc) is 2.69. The molecule has 1 aromatic carbocycles. The first-order chi connectivity index (χ1) is 8.90. The number of nitro groups is 1. The molecule has 2 N–H and O–H groups in total. The van der Waals surface area contributed by atoms with Crippen molar-refractivity contribution in [2.75, 3.05) is 5.73 Å². The summed E-state index contributed by atoms with van der Waals surface area (Å²) in [4.78, 5) is 9.99. The van der Waals surface area contributed by atoms with Crippen LogP contribution in [0.3, 0.4) is 0 Å². The predicted octanol–water partition coefficient (Wildman–Crippen LogP) is 2.26. The van der Waals surface area contributed by atoms with Crippen LogP contribution in [0.15, 0.2) is 24.4 Å². The molecular formula is C11H10F2N4O2. The number of aromatic nitrogens is 2. The molecule has 0 aliphatic heterocycles. The lowest BCUT2D eigenvalue weighted by Crippen LogP contribution is -2.12. The molecule has 1 aromatic heterocycles. The molecule has 0 saturated heterocycles. The molecule has 1 unspecified atom stereocenters. The molecule has 6 nitrogen and oxygen atoms in total. The van der Waals surface area contributed by atoms with Gasteiger partial charge in [0.15, 0.2) is 0 Å². The van der Waals surface area contributed by atoms with Crippen LogP contribution in [0, 0.1) is 21.7 Å². The van der Waals surface area contributed by atoms with Crippen molar-refractivity contribution in [2.24, 2.45) is 0 Å². The first-order valence-electron chi connectivity index (χ1n) is 5.33. The highest BCUT2D eigenvalue weighted by atomic mass is 19.1. The zero-order valence-corrected chi connectivity index (χ0v) is 9.88. The van der Waals surface area contributed by atoms with Crippen molar-refractivity contribution in [3.63, 3.8) is 0 Å². The van der Waals surface area contributed by atoms with E-state index in [1.165, 1.54) is 0 Å². The van der Waals surface area contributed by atoms with Crippen LogP contribution in [-0.2, 0) is 0 Å². The van der Waals surface area contributed by atoms with Gasteiger partial charge in [0.25, 0.3) is 0 Å². The Morgan fingerprint density at radius 3 is 2.42 bits per heavy atom. The van der Waals surface area contributed by atoms with Crippen LogP contribution >= 0.6 is 0 Å². The SMILES string of the molecule is CC(c1cc(F)cc(F)c1)n1ncc([N+](=O)[O-])c1N. The Morgan fingerprint density at radius 1 is 1.37 bits per heavy atom. The molecule has 0 aliphatic carbocycles. The third-order valence-electron chi connectivity index (χ3n) is 2.74. The molecule has 0 aliphatic rings. The monoisotopic (exact) mass is 268 g/mol. The van der Waals surface area contributed by atoms with E-state index in [9.17, 15) is 18.9 Å². The van der Waals surface area contributed by atoms with Gasteiger partial charge in [0.2, 0.25) is 5.82 Å². The van der Waals surface area contributed by atoms with E-state index in [-0.39, 0.29) is 17.1 Å². The van der Waals surface area contributed by atoms with Crippen LogP contribution in [0.1, 0.15) is 18.5 Å². The summed E-state index contributed by atoms with van der Waals surface area (Å²) in [5, 5.41) is 14.4. The second-order valence-electron chi connectivity index (χ2n) is 4.00. The summed E-state index contributed by atoms with van der Waals surface area (Å²) in [6, 6.07) is 2.37. The van der Waals surface area contributed by atoms with E-state index in [1.807, 2.05) is 0 Å². The number of nitrogens with two attached hydrogens (primary N) is 1. The molecule has 1 atom stereocenters. The molecule has 100 valence electrons. The Morgan fingerprint density at radius 2 is 1.95 bits per heavy atom. The number of benzene rings is 1. The summed E-state index contributed by atoms with van der Waals surface area (Å²) in [7, 11) is 0. The van der Waals surface area contributed by atoms with Gasteiger partial charge < -0.3 is 5.73 Å². The topological polar surface area (TPSA) is 87.0 Å². The molecule has 0 fully saturated rings. The average molecular weight is 268 g/mol. The van der Waals surface area contributed by atoms with E-state index in [2.05, 4.69) is 5.10 Å². The summed E-state index contributed by atoms with van der Waals surface area (Å²) in [5.74, 6) is -1.63. The van der Waals surface area contributed by atoms with Crippen molar-refractivity contribution in [3.8, 4) is 0 Å². The Labute approximate surface area is 106 Å². The van der Waals surface area contributed by atoms with Gasteiger partial charge in [0.1, 0.15) is 17.8 Å². The van der Waals surface area contributed by atoms with Crippen LogP contribution in [0.25, 0.3) is 0 Å². The number of nitrogens with zero attached hydrogens (tertiary/aromatic N) is 3. The van der Waals surface area contributed by atoms with Crippen molar-refractivity contribution < 1.29 is 13.7 Å². The van der Waals surface area contributed by atoms with Crippen molar-refractivity contribution in [3.05, 3.63) is 51.7 Å². The number of halogens is 2. The van der Waals surface area contributed by atoms with E-state index < -0.39 is 22.6 Å². The van der Waals surface area contributed by atoms with Crippen LogP contribution in [0.2, 0.25) is 0 Å².